The number of rotatable bonds is 3. The Labute approximate surface area is 111 Å². The molecule has 0 amide bonds. The van der Waals surface area contributed by atoms with E-state index in [0.717, 1.165) is 25.7 Å². The van der Waals surface area contributed by atoms with E-state index in [4.69, 9.17) is 4.74 Å². The highest BCUT2D eigenvalue weighted by Crippen LogP contribution is 2.41. The highest BCUT2D eigenvalue weighted by molar-refractivity contribution is 5.70. The largest absolute Gasteiger partial charge is 0.460 e. The molecule has 0 unspecified atom stereocenters. The quantitative estimate of drug-likeness (QED) is 0.788. The van der Waals surface area contributed by atoms with Crippen LogP contribution in [-0.2, 0) is 9.53 Å². The van der Waals surface area contributed by atoms with Gasteiger partial charge in [-0.1, -0.05) is 13.8 Å². The Morgan fingerprint density at radius 3 is 2.06 bits per heavy atom. The van der Waals surface area contributed by atoms with Crippen molar-refractivity contribution >= 4 is 5.97 Å². The van der Waals surface area contributed by atoms with Crippen molar-refractivity contribution in [1.82, 2.24) is 0 Å². The Hall–Kier alpha value is -0.570. The van der Waals surface area contributed by atoms with E-state index < -0.39 is 5.60 Å². The first kappa shape index (κ1) is 15.5. The first-order valence-corrected chi connectivity index (χ1v) is 7.00. The topological polar surface area (TPSA) is 46.5 Å². The van der Waals surface area contributed by atoms with Crippen molar-refractivity contribution in [3.8, 4) is 0 Å². The monoisotopic (exact) mass is 256 g/mol. The van der Waals surface area contributed by atoms with E-state index in [1.165, 1.54) is 0 Å². The molecule has 0 aromatic rings. The number of aliphatic hydroxyl groups excluding tert-OH is 1. The molecule has 3 heteroatoms. The Morgan fingerprint density at radius 1 is 1.11 bits per heavy atom. The molecule has 18 heavy (non-hydrogen) atoms. The zero-order chi connectivity index (χ0) is 14.0. The van der Waals surface area contributed by atoms with Gasteiger partial charge in [-0.3, -0.25) is 4.79 Å². The van der Waals surface area contributed by atoms with Crippen LogP contribution in [0.25, 0.3) is 0 Å². The van der Waals surface area contributed by atoms with Crippen molar-refractivity contribution < 1.29 is 14.6 Å². The van der Waals surface area contributed by atoms with Crippen LogP contribution in [-0.4, -0.2) is 22.8 Å². The van der Waals surface area contributed by atoms with Gasteiger partial charge in [-0.15, -0.1) is 0 Å². The summed E-state index contributed by atoms with van der Waals surface area (Å²) in [4.78, 5) is 11.9. The summed E-state index contributed by atoms with van der Waals surface area (Å²) in [7, 11) is 0. The molecule has 0 radical (unpaired) electrons. The van der Waals surface area contributed by atoms with Gasteiger partial charge < -0.3 is 9.84 Å². The lowest BCUT2D eigenvalue weighted by molar-refractivity contribution is -0.158. The van der Waals surface area contributed by atoms with Crippen molar-refractivity contribution in [2.45, 2.75) is 78.4 Å². The van der Waals surface area contributed by atoms with Crippen LogP contribution in [0, 0.1) is 11.3 Å². The fourth-order valence-electron chi connectivity index (χ4n) is 2.75. The maximum Gasteiger partial charge on any atom is 0.306 e. The molecule has 1 saturated carbocycles. The van der Waals surface area contributed by atoms with E-state index in [1.807, 2.05) is 20.8 Å². The van der Waals surface area contributed by atoms with Crippen LogP contribution in [0.2, 0.25) is 0 Å². The number of esters is 1. The van der Waals surface area contributed by atoms with Crippen LogP contribution in [0.3, 0.4) is 0 Å². The molecule has 1 rings (SSSR count). The van der Waals surface area contributed by atoms with E-state index in [1.54, 1.807) is 0 Å². The number of hydrogen-bond acceptors (Lipinski definition) is 3. The van der Waals surface area contributed by atoms with Crippen LogP contribution < -0.4 is 0 Å². The SMILES string of the molecule is CC(C)(C)OC(=O)CC(C)(C)C1CCC(O)CC1. The van der Waals surface area contributed by atoms with E-state index >= 15 is 0 Å². The van der Waals surface area contributed by atoms with E-state index in [0.29, 0.717) is 12.3 Å². The van der Waals surface area contributed by atoms with Crippen molar-refractivity contribution in [3.63, 3.8) is 0 Å². The molecule has 106 valence electrons. The highest BCUT2D eigenvalue weighted by Gasteiger charge is 2.35. The molecule has 0 saturated heterocycles. The third-order valence-corrected chi connectivity index (χ3v) is 3.82. The third-order valence-electron chi connectivity index (χ3n) is 3.82. The average Bonchev–Trinajstić information content (AvgIpc) is 2.13. The maximum absolute atomic E-state index is 11.9. The summed E-state index contributed by atoms with van der Waals surface area (Å²) < 4.78 is 5.40. The summed E-state index contributed by atoms with van der Waals surface area (Å²) in [6.07, 6.45) is 4.07. The fourth-order valence-corrected chi connectivity index (χ4v) is 2.75. The number of carbonyl (C=O) groups is 1. The standard InChI is InChI=1S/C15H28O3/c1-14(2,3)18-13(17)10-15(4,5)11-6-8-12(16)9-7-11/h11-12,16H,6-10H2,1-5H3. The Morgan fingerprint density at radius 2 is 1.61 bits per heavy atom. The van der Waals surface area contributed by atoms with Gasteiger partial charge in [0.25, 0.3) is 0 Å². The Kier molecular flexibility index (Phi) is 4.82. The molecule has 1 aliphatic carbocycles. The first-order chi connectivity index (χ1) is 8.10. The van der Waals surface area contributed by atoms with E-state index in [9.17, 15) is 9.90 Å². The predicted molar refractivity (Wildman–Crippen MR) is 72.2 cm³/mol. The summed E-state index contributed by atoms with van der Waals surface area (Å²) in [5.74, 6) is 0.395. The summed E-state index contributed by atoms with van der Waals surface area (Å²) in [6.45, 7) is 9.97. The van der Waals surface area contributed by atoms with Gasteiger partial charge >= 0.3 is 5.97 Å². The minimum atomic E-state index is -0.407. The lowest BCUT2D eigenvalue weighted by Crippen LogP contribution is -2.34. The van der Waals surface area contributed by atoms with Gasteiger partial charge in [-0.05, 0) is 57.8 Å². The fraction of sp³-hybridized carbons (Fsp3) is 0.933. The first-order valence-electron chi connectivity index (χ1n) is 7.00. The minimum absolute atomic E-state index is 0.0392. The van der Waals surface area contributed by atoms with Gasteiger partial charge in [-0.25, -0.2) is 0 Å². The molecule has 0 aromatic carbocycles. The number of carbonyl (C=O) groups excluding carboxylic acids is 1. The second kappa shape index (κ2) is 5.60. The molecular weight excluding hydrogens is 228 g/mol. The van der Waals surface area contributed by atoms with Gasteiger partial charge in [0.05, 0.1) is 12.5 Å². The van der Waals surface area contributed by atoms with Crippen LogP contribution in [0.15, 0.2) is 0 Å². The molecule has 0 aliphatic heterocycles. The van der Waals surface area contributed by atoms with Crippen molar-refractivity contribution in [3.05, 3.63) is 0 Å². The van der Waals surface area contributed by atoms with Gasteiger partial charge in [-0.2, -0.15) is 0 Å². The summed E-state index contributed by atoms with van der Waals surface area (Å²) in [5.41, 5.74) is -0.446. The van der Waals surface area contributed by atoms with Gasteiger partial charge in [0.1, 0.15) is 5.60 Å². The minimum Gasteiger partial charge on any atom is -0.460 e. The number of hydrogen-bond donors (Lipinski definition) is 1. The number of ether oxygens (including phenoxy) is 1. The lowest BCUT2D eigenvalue weighted by Gasteiger charge is -2.38. The molecular formula is C15H28O3. The summed E-state index contributed by atoms with van der Waals surface area (Å²) in [6, 6.07) is 0. The molecule has 0 spiro atoms. The molecule has 0 atom stereocenters. The van der Waals surface area contributed by atoms with Crippen LogP contribution >= 0.6 is 0 Å². The zero-order valence-electron chi connectivity index (χ0n) is 12.5. The molecule has 3 nitrogen and oxygen atoms in total. The zero-order valence-corrected chi connectivity index (χ0v) is 12.5. The molecule has 1 fully saturated rings. The Balaban J connectivity index is 2.51. The molecule has 1 N–H and O–H groups in total. The van der Waals surface area contributed by atoms with Crippen LogP contribution in [0.4, 0.5) is 0 Å². The normalized spacial score (nSPS) is 25.9. The van der Waals surface area contributed by atoms with Crippen LogP contribution in [0.1, 0.15) is 66.7 Å². The lowest BCUT2D eigenvalue weighted by atomic mass is 9.69. The summed E-state index contributed by atoms with van der Waals surface area (Å²) >= 11 is 0. The van der Waals surface area contributed by atoms with Crippen LogP contribution in [0.5, 0.6) is 0 Å². The van der Waals surface area contributed by atoms with E-state index in [2.05, 4.69) is 13.8 Å². The maximum atomic E-state index is 11.9. The third kappa shape index (κ3) is 4.97. The van der Waals surface area contributed by atoms with Gasteiger partial charge in [0, 0.05) is 0 Å². The molecule has 0 heterocycles. The predicted octanol–water partition coefficient (Wildman–Crippen LogP) is 3.30. The Bertz CT molecular complexity index is 281. The highest BCUT2D eigenvalue weighted by atomic mass is 16.6. The second-order valence-corrected chi connectivity index (χ2v) is 7.26. The van der Waals surface area contributed by atoms with Crippen molar-refractivity contribution in [2.24, 2.45) is 11.3 Å². The average molecular weight is 256 g/mol. The summed E-state index contributed by atoms with van der Waals surface area (Å²) in [5, 5.41) is 9.54. The van der Waals surface area contributed by atoms with E-state index in [-0.39, 0.29) is 17.5 Å². The molecule has 0 bridgehead atoms. The number of aliphatic hydroxyl groups is 1. The smallest absolute Gasteiger partial charge is 0.306 e. The second-order valence-electron chi connectivity index (χ2n) is 7.26. The van der Waals surface area contributed by atoms with Gasteiger partial charge in [0.15, 0.2) is 0 Å². The molecule has 0 aromatic heterocycles. The van der Waals surface area contributed by atoms with Crippen molar-refractivity contribution in [1.29, 1.82) is 0 Å². The van der Waals surface area contributed by atoms with Crippen molar-refractivity contribution in [2.75, 3.05) is 0 Å². The van der Waals surface area contributed by atoms with Gasteiger partial charge in [0.2, 0.25) is 0 Å². The molecule has 1 aliphatic rings.